The van der Waals surface area contributed by atoms with Crippen LogP contribution in [0.15, 0.2) is 0 Å². The molecule has 0 aliphatic rings. The predicted molar refractivity (Wildman–Crippen MR) is 24.9 cm³/mol. The number of hydrogen-bond acceptors (Lipinski definition) is 2. The van der Waals surface area contributed by atoms with E-state index in [9.17, 15) is 9.69 Å². The first-order valence-corrected chi connectivity index (χ1v) is 3.41. The Balaban J connectivity index is 3.41. The van der Waals surface area contributed by atoms with Gasteiger partial charge in [-0.3, -0.25) is 4.79 Å². The molecule has 0 saturated carbocycles. The third kappa shape index (κ3) is 4.09. The van der Waals surface area contributed by atoms with Gasteiger partial charge in [-0.05, 0) is 0 Å². The van der Waals surface area contributed by atoms with E-state index in [0.717, 1.165) is 5.80 Å². The number of halogens is 1. The van der Waals surface area contributed by atoms with Crippen LogP contribution in [0.4, 0.5) is 0 Å². The van der Waals surface area contributed by atoms with Crippen molar-refractivity contribution in [2.75, 3.05) is 0 Å². The smallest absolute Gasteiger partial charge is 0.185 e. The summed E-state index contributed by atoms with van der Waals surface area (Å²) in [6, 6.07) is 0. The lowest BCUT2D eigenvalue weighted by atomic mass is 10.9. The Bertz CT molecular complexity index is 75.6. The van der Waals surface area contributed by atoms with Crippen molar-refractivity contribution in [2.24, 2.45) is 0 Å². The lowest BCUT2D eigenvalue weighted by molar-refractivity contribution is -0.147. The van der Waals surface area contributed by atoms with Crippen molar-refractivity contribution in [2.45, 2.75) is 0 Å². The van der Waals surface area contributed by atoms with Crippen LogP contribution in [-0.4, -0.2) is 12.1 Å². The summed E-state index contributed by atoms with van der Waals surface area (Å²) in [5.41, 5.74) is 0. The molecule has 0 aromatic rings. The zero-order valence-corrected chi connectivity index (χ0v) is 4.45. The number of carbonyl (C=O) groups excluding carboxylic acids is 1. The minimum atomic E-state index is -1.87. The Labute approximate surface area is 41.0 Å². The van der Waals surface area contributed by atoms with Gasteiger partial charge in [-0.1, -0.05) is 0 Å². The predicted octanol–water partition coefficient (Wildman–Crippen LogP) is -0.102. The topological polar surface area (TPSA) is 40.1 Å². The van der Waals surface area contributed by atoms with E-state index in [1.165, 1.54) is 0 Å². The minimum Gasteiger partial charge on any atom is -0.615 e. The second-order valence-corrected chi connectivity index (χ2v) is 2.40. The molecule has 6 heavy (non-hydrogen) atoms. The van der Waals surface area contributed by atoms with E-state index >= 15 is 0 Å². The van der Waals surface area contributed by atoms with Crippen LogP contribution in [0.1, 0.15) is 0 Å². The van der Waals surface area contributed by atoms with Crippen LogP contribution in [0.5, 0.6) is 0 Å². The van der Waals surface area contributed by atoms with Gasteiger partial charge in [0.25, 0.3) is 0 Å². The molecule has 0 rings (SSSR count). The van der Waals surface area contributed by atoms with Crippen molar-refractivity contribution >= 4 is 30.4 Å². The second kappa shape index (κ2) is 3.29. The van der Waals surface area contributed by atoms with E-state index in [1.54, 1.807) is 0 Å². The lowest BCUT2D eigenvalue weighted by Gasteiger charge is -1.70. The molecule has 1 atom stereocenters. The van der Waals surface area contributed by atoms with Crippen LogP contribution in [0.2, 0.25) is 0 Å². The summed E-state index contributed by atoms with van der Waals surface area (Å²) >= 11 is 4.80. The molecule has 0 fully saturated rings. The molecule has 0 amide bonds. The van der Waals surface area contributed by atoms with Gasteiger partial charge in [0.05, 0.1) is 0 Å². The van der Waals surface area contributed by atoms with Gasteiger partial charge in [0.1, 0.15) is 0 Å². The summed E-state index contributed by atoms with van der Waals surface area (Å²) in [5, 5.41) is 0. The SMILES string of the molecule is O=CC=[P+]([O-])Cl. The van der Waals surface area contributed by atoms with Crippen molar-refractivity contribution in [3.8, 4) is 0 Å². The Morgan fingerprint density at radius 3 is 2.33 bits per heavy atom. The zero-order valence-electron chi connectivity index (χ0n) is 2.80. The van der Waals surface area contributed by atoms with Crippen LogP contribution in [0.25, 0.3) is 0 Å². The summed E-state index contributed by atoms with van der Waals surface area (Å²) in [5.74, 6) is 0.886. The Kier molecular flexibility index (Phi) is 3.34. The zero-order chi connectivity index (χ0) is 4.99. The van der Waals surface area contributed by atoms with Crippen molar-refractivity contribution in [1.29, 1.82) is 0 Å². The maximum Gasteiger partial charge on any atom is 0.185 e. The molecule has 0 aliphatic heterocycles. The van der Waals surface area contributed by atoms with Crippen molar-refractivity contribution < 1.29 is 9.69 Å². The average molecular weight is 124 g/mol. The summed E-state index contributed by atoms with van der Waals surface area (Å²) in [7, 11) is -1.87. The van der Waals surface area contributed by atoms with E-state index in [1.807, 2.05) is 0 Å². The van der Waals surface area contributed by atoms with Crippen molar-refractivity contribution in [3.63, 3.8) is 0 Å². The van der Waals surface area contributed by atoms with Crippen molar-refractivity contribution in [1.82, 2.24) is 0 Å². The van der Waals surface area contributed by atoms with Crippen LogP contribution in [-0.2, 0) is 4.79 Å². The van der Waals surface area contributed by atoms with Gasteiger partial charge in [-0.2, -0.15) is 0 Å². The second-order valence-electron chi connectivity index (χ2n) is 0.557. The third-order valence-electron chi connectivity index (χ3n) is 0.178. The molecule has 0 heterocycles. The van der Waals surface area contributed by atoms with E-state index < -0.39 is 7.12 Å². The third-order valence-corrected chi connectivity index (χ3v) is 0.872. The molecule has 0 spiro atoms. The van der Waals surface area contributed by atoms with Crippen LogP contribution < -0.4 is 4.89 Å². The molecule has 0 bridgehead atoms. The number of hydrogen-bond donors (Lipinski definition) is 0. The van der Waals surface area contributed by atoms with Gasteiger partial charge < -0.3 is 4.89 Å². The Morgan fingerprint density at radius 1 is 1.83 bits per heavy atom. The van der Waals surface area contributed by atoms with Crippen LogP contribution >= 0.6 is 18.4 Å². The molecule has 0 aliphatic carbocycles. The molecule has 0 N–H and O–H groups in total. The number of aldehydes is 1. The first-order valence-electron chi connectivity index (χ1n) is 1.18. The summed E-state index contributed by atoms with van der Waals surface area (Å²) in [4.78, 5) is 19.0. The van der Waals surface area contributed by atoms with Gasteiger partial charge in [0, 0.05) is 0 Å². The lowest BCUT2D eigenvalue weighted by Crippen LogP contribution is -1.82. The Morgan fingerprint density at radius 2 is 2.33 bits per heavy atom. The first kappa shape index (κ1) is 6.09. The fourth-order valence-electron chi connectivity index (χ4n) is 0.0478. The minimum absolute atomic E-state index is 0.408. The van der Waals surface area contributed by atoms with Gasteiger partial charge >= 0.3 is 0 Å². The largest absolute Gasteiger partial charge is 0.615 e. The standard InChI is InChI=1S/C2H2ClO2P/c3-6(5)2-1-4/h1-2H. The number of carbonyl (C=O) groups is 1. The molecule has 34 valence electrons. The maximum atomic E-state index is 9.67. The van der Waals surface area contributed by atoms with Gasteiger partial charge in [-0.15, -0.1) is 0 Å². The van der Waals surface area contributed by atoms with Gasteiger partial charge in [0.2, 0.25) is 0 Å². The first-order chi connectivity index (χ1) is 2.77. The highest BCUT2D eigenvalue weighted by atomic mass is 35.7. The fourth-order valence-corrected chi connectivity index (χ4v) is 0.282. The molecule has 4 heteroatoms. The average Bonchev–Trinajstić information content (AvgIpc) is 1.35. The van der Waals surface area contributed by atoms with E-state index in [0.29, 0.717) is 6.29 Å². The van der Waals surface area contributed by atoms with Gasteiger partial charge in [0.15, 0.2) is 30.4 Å². The molecule has 0 aromatic heterocycles. The molecule has 0 aromatic carbocycles. The fraction of sp³-hybridized carbons (Fsp3) is 0. The quantitative estimate of drug-likeness (QED) is 0.362. The van der Waals surface area contributed by atoms with Gasteiger partial charge in [-0.25, -0.2) is 0 Å². The molecule has 2 nitrogen and oxygen atoms in total. The molecule has 1 unspecified atom stereocenters. The van der Waals surface area contributed by atoms with Crippen LogP contribution in [0, 0.1) is 0 Å². The molecule has 0 saturated heterocycles. The highest BCUT2D eigenvalue weighted by Crippen LogP contribution is 2.12. The van der Waals surface area contributed by atoms with E-state index in [2.05, 4.69) is 0 Å². The highest BCUT2D eigenvalue weighted by molar-refractivity contribution is 7.78. The molecular weight excluding hydrogens is 122 g/mol. The highest BCUT2D eigenvalue weighted by Gasteiger charge is 1.78. The Hall–Kier alpha value is 0.0900. The van der Waals surface area contributed by atoms with E-state index in [-0.39, 0.29) is 0 Å². The van der Waals surface area contributed by atoms with E-state index in [4.69, 9.17) is 11.2 Å². The van der Waals surface area contributed by atoms with Crippen LogP contribution in [0.3, 0.4) is 0 Å². The number of rotatable bonds is 1. The monoisotopic (exact) mass is 124 g/mol. The summed E-state index contributed by atoms with van der Waals surface area (Å²) < 4.78 is 0. The summed E-state index contributed by atoms with van der Waals surface area (Å²) in [6.07, 6.45) is 0.408. The summed E-state index contributed by atoms with van der Waals surface area (Å²) in [6.45, 7) is 0. The molecular formula is C2H2ClO2P. The maximum absolute atomic E-state index is 9.67. The van der Waals surface area contributed by atoms with Crippen molar-refractivity contribution in [3.05, 3.63) is 0 Å². The molecule has 0 radical (unpaired) electrons. The normalized spacial score (nSPS) is 11.3.